The van der Waals surface area contributed by atoms with Gasteiger partial charge in [-0.05, 0) is 75.1 Å². The van der Waals surface area contributed by atoms with Crippen molar-refractivity contribution in [2.75, 3.05) is 14.1 Å². The molecule has 0 aliphatic carbocycles. The average molecular weight is 469 g/mol. The summed E-state index contributed by atoms with van der Waals surface area (Å²) in [4.78, 5) is 26.1. The van der Waals surface area contributed by atoms with Crippen molar-refractivity contribution in [3.8, 4) is 11.5 Å². The first-order valence-electron chi connectivity index (χ1n) is 12.2. The lowest BCUT2D eigenvalue weighted by Crippen LogP contribution is -2.42. The van der Waals surface area contributed by atoms with Crippen molar-refractivity contribution in [2.45, 2.75) is 77.9 Å². The Hall–Kier alpha value is -3.02. The van der Waals surface area contributed by atoms with Crippen LogP contribution in [0.1, 0.15) is 82.1 Å². The number of carbonyl (C=O) groups is 2. The van der Waals surface area contributed by atoms with E-state index >= 15 is 0 Å². The van der Waals surface area contributed by atoms with Crippen LogP contribution in [0.15, 0.2) is 48.5 Å². The van der Waals surface area contributed by atoms with Crippen LogP contribution >= 0.6 is 0 Å². The summed E-state index contributed by atoms with van der Waals surface area (Å²) in [5, 5.41) is 3.01. The van der Waals surface area contributed by atoms with Crippen LogP contribution in [0.4, 0.5) is 4.79 Å². The maximum Gasteiger partial charge on any atom is 0.408 e. The van der Waals surface area contributed by atoms with Gasteiger partial charge < -0.3 is 19.7 Å². The molecule has 0 spiro atoms. The zero-order valence-corrected chi connectivity index (χ0v) is 21.5. The van der Waals surface area contributed by atoms with Crippen molar-refractivity contribution >= 4 is 12.0 Å². The van der Waals surface area contributed by atoms with E-state index in [1.54, 1.807) is 38.4 Å². The number of rotatable bonds is 12. The van der Waals surface area contributed by atoms with Crippen molar-refractivity contribution in [3.63, 3.8) is 0 Å². The van der Waals surface area contributed by atoms with Crippen LogP contribution < -0.4 is 10.1 Å². The second-order valence-corrected chi connectivity index (χ2v) is 9.41. The molecule has 2 amide bonds. The van der Waals surface area contributed by atoms with Crippen LogP contribution in [-0.2, 0) is 10.3 Å². The number of unbranched alkanes of at least 4 members (excludes halogenated alkanes) is 2. The first-order valence-corrected chi connectivity index (χ1v) is 12.2. The highest BCUT2D eigenvalue weighted by molar-refractivity contribution is 5.93. The normalized spacial score (nSPS) is 12.1. The lowest BCUT2D eigenvalue weighted by molar-refractivity contribution is 0.0784. The quantitative estimate of drug-likeness (QED) is 0.344. The fourth-order valence-electron chi connectivity index (χ4n) is 3.71. The van der Waals surface area contributed by atoms with Crippen LogP contribution in [0.25, 0.3) is 0 Å². The molecule has 1 N–H and O–H groups in total. The predicted molar refractivity (Wildman–Crippen MR) is 136 cm³/mol. The van der Waals surface area contributed by atoms with Crippen molar-refractivity contribution in [1.29, 1.82) is 0 Å². The lowest BCUT2D eigenvalue weighted by Gasteiger charge is -2.28. The minimum atomic E-state index is -0.593. The Labute approximate surface area is 204 Å². The van der Waals surface area contributed by atoms with Gasteiger partial charge in [0.25, 0.3) is 5.91 Å². The Kier molecular flexibility index (Phi) is 10.4. The number of carbonyl (C=O) groups excluding carboxylic acids is 2. The first kappa shape index (κ1) is 27.2. The van der Waals surface area contributed by atoms with Crippen LogP contribution in [0.3, 0.4) is 0 Å². The largest absolute Gasteiger partial charge is 0.457 e. The lowest BCUT2D eigenvalue weighted by atomic mass is 9.94. The Balaban J connectivity index is 1.96. The van der Waals surface area contributed by atoms with Gasteiger partial charge in [0, 0.05) is 19.7 Å². The SMILES string of the molecule is CCCCCC(CCC)OC(=O)NC(C)(C)c1ccc(Oc2ccc(C(=O)N(C)C)cc2)cc1. The minimum absolute atomic E-state index is 0.0393. The number of hydrogen-bond acceptors (Lipinski definition) is 4. The summed E-state index contributed by atoms with van der Waals surface area (Å²) >= 11 is 0. The fourth-order valence-corrected chi connectivity index (χ4v) is 3.71. The molecule has 0 aliphatic heterocycles. The molecule has 2 aromatic rings. The van der Waals surface area contributed by atoms with Crippen LogP contribution in [0, 0.1) is 0 Å². The van der Waals surface area contributed by atoms with Gasteiger partial charge in [-0.2, -0.15) is 0 Å². The van der Waals surface area contributed by atoms with E-state index in [0.717, 1.165) is 44.1 Å². The number of alkyl carbamates (subject to hydrolysis) is 1. The highest BCUT2D eigenvalue weighted by atomic mass is 16.6. The third-order valence-corrected chi connectivity index (χ3v) is 5.75. The van der Waals surface area contributed by atoms with Gasteiger partial charge >= 0.3 is 6.09 Å². The Bertz CT molecular complexity index is 905. The number of amides is 2. The standard InChI is InChI=1S/C28H40N2O4/c1-7-9-10-12-23(11-8-2)34-27(32)29-28(3,4)22-15-19-25(20-16-22)33-24-17-13-21(14-18-24)26(31)30(5)6/h13-20,23H,7-12H2,1-6H3,(H,29,32). The second-order valence-electron chi connectivity index (χ2n) is 9.41. The molecule has 34 heavy (non-hydrogen) atoms. The molecule has 0 heterocycles. The summed E-state index contributed by atoms with van der Waals surface area (Å²) < 4.78 is 11.6. The third-order valence-electron chi connectivity index (χ3n) is 5.75. The Morgan fingerprint density at radius 3 is 2.00 bits per heavy atom. The molecule has 0 radical (unpaired) electrons. The van der Waals surface area contributed by atoms with Crippen molar-refractivity contribution < 1.29 is 19.1 Å². The van der Waals surface area contributed by atoms with Crippen LogP contribution in [0.5, 0.6) is 11.5 Å². The number of nitrogens with zero attached hydrogens (tertiary/aromatic N) is 1. The molecule has 1 atom stereocenters. The van der Waals surface area contributed by atoms with Gasteiger partial charge in [-0.15, -0.1) is 0 Å². The van der Waals surface area contributed by atoms with Crippen molar-refractivity contribution in [3.05, 3.63) is 59.7 Å². The number of ether oxygens (including phenoxy) is 2. The highest BCUT2D eigenvalue weighted by Gasteiger charge is 2.25. The van der Waals surface area contributed by atoms with Crippen LogP contribution in [-0.4, -0.2) is 37.1 Å². The molecule has 2 rings (SSSR count). The summed E-state index contributed by atoms with van der Waals surface area (Å²) in [5.74, 6) is 1.27. The molecule has 0 aliphatic rings. The number of nitrogens with one attached hydrogen (secondary N) is 1. The second kappa shape index (κ2) is 13.0. The predicted octanol–water partition coefficient (Wildman–Crippen LogP) is 6.89. The topological polar surface area (TPSA) is 67.9 Å². The Morgan fingerprint density at radius 1 is 0.882 bits per heavy atom. The first-order chi connectivity index (χ1) is 16.2. The van der Waals surface area contributed by atoms with Crippen molar-refractivity contribution in [1.82, 2.24) is 10.2 Å². The summed E-state index contributed by atoms with van der Waals surface area (Å²) in [6.45, 7) is 8.19. The van der Waals surface area contributed by atoms with Gasteiger partial charge in [0.1, 0.15) is 17.6 Å². The zero-order chi connectivity index (χ0) is 25.1. The monoisotopic (exact) mass is 468 g/mol. The highest BCUT2D eigenvalue weighted by Crippen LogP contribution is 2.27. The van der Waals surface area contributed by atoms with Gasteiger partial charge in [0.05, 0.1) is 5.54 Å². The molecule has 186 valence electrons. The molecule has 0 saturated heterocycles. The molecule has 1 unspecified atom stereocenters. The van der Waals surface area contributed by atoms with E-state index in [0.29, 0.717) is 17.1 Å². The molecule has 0 aromatic heterocycles. The summed E-state index contributed by atoms with van der Waals surface area (Å²) in [5.41, 5.74) is 0.963. The van der Waals surface area contributed by atoms with Crippen LogP contribution in [0.2, 0.25) is 0 Å². The third kappa shape index (κ3) is 8.40. The molecular weight excluding hydrogens is 428 g/mol. The molecule has 0 bridgehead atoms. The van der Waals surface area contributed by atoms with E-state index in [-0.39, 0.29) is 18.1 Å². The number of benzene rings is 2. The van der Waals surface area contributed by atoms with E-state index in [4.69, 9.17) is 9.47 Å². The minimum Gasteiger partial charge on any atom is -0.457 e. The smallest absolute Gasteiger partial charge is 0.408 e. The zero-order valence-electron chi connectivity index (χ0n) is 21.5. The van der Waals surface area contributed by atoms with Gasteiger partial charge in [0.15, 0.2) is 0 Å². The molecule has 2 aromatic carbocycles. The Morgan fingerprint density at radius 2 is 1.47 bits per heavy atom. The van der Waals surface area contributed by atoms with E-state index in [2.05, 4.69) is 19.2 Å². The maximum absolute atomic E-state index is 12.6. The van der Waals surface area contributed by atoms with E-state index < -0.39 is 5.54 Å². The maximum atomic E-state index is 12.6. The fraction of sp³-hybridized carbons (Fsp3) is 0.500. The molecule has 6 heteroatoms. The van der Waals surface area contributed by atoms with Gasteiger partial charge in [-0.1, -0.05) is 45.2 Å². The molecule has 0 fully saturated rings. The van der Waals surface area contributed by atoms with Gasteiger partial charge in [-0.25, -0.2) is 4.79 Å². The molecular formula is C28H40N2O4. The van der Waals surface area contributed by atoms with Gasteiger partial charge in [-0.3, -0.25) is 4.79 Å². The van der Waals surface area contributed by atoms with Gasteiger partial charge in [0.2, 0.25) is 0 Å². The molecule has 6 nitrogen and oxygen atoms in total. The summed E-state index contributed by atoms with van der Waals surface area (Å²) in [6.07, 6.45) is 5.75. The van der Waals surface area contributed by atoms with E-state index in [1.165, 1.54) is 4.90 Å². The van der Waals surface area contributed by atoms with Crippen molar-refractivity contribution in [2.24, 2.45) is 0 Å². The van der Waals surface area contributed by atoms with E-state index in [1.807, 2.05) is 38.1 Å². The van der Waals surface area contributed by atoms with E-state index in [9.17, 15) is 9.59 Å². The molecule has 0 saturated carbocycles. The summed E-state index contributed by atoms with van der Waals surface area (Å²) in [6, 6.07) is 14.7. The summed E-state index contributed by atoms with van der Waals surface area (Å²) in [7, 11) is 3.45. The average Bonchev–Trinajstić information content (AvgIpc) is 2.79. The number of hydrogen-bond donors (Lipinski definition) is 1.